The van der Waals surface area contributed by atoms with Gasteiger partial charge >= 0.3 is 5.97 Å². The molecule has 0 saturated heterocycles. The van der Waals surface area contributed by atoms with E-state index in [0.29, 0.717) is 0 Å². The van der Waals surface area contributed by atoms with Gasteiger partial charge in [-0.05, 0) is 39.0 Å². The molecule has 0 atom stereocenters. The Bertz CT molecular complexity index is 908. The first-order valence-corrected chi connectivity index (χ1v) is 9.93. The number of esters is 1. The summed E-state index contributed by atoms with van der Waals surface area (Å²) in [5.41, 5.74) is 0.00953. The van der Waals surface area contributed by atoms with E-state index in [0.717, 1.165) is 11.5 Å². The van der Waals surface area contributed by atoms with Crippen LogP contribution in [-0.2, 0) is 14.8 Å². The summed E-state index contributed by atoms with van der Waals surface area (Å²) in [7, 11) is -3.73. The molecule has 0 aliphatic carbocycles. The van der Waals surface area contributed by atoms with E-state index in [1.165, 1.54) is 24.3 Å². The number of rotatable bonds is 7. The fourth-order valence-electron chi connectivity index (χ4n) is 1.96. The van der Waals surface area contributed by atoms with Crippen LogP contribution in [0.2, 0.25) is 0 Å². The number of hydrogen-bond acceptors (Lipinski definition) is 8. The molecule has 0 saturated carbocycles. The van der Waals surface area contributed by atoms with Gasteiger partial charge in [0.2, 0.25) is 15.7 Å². The highest BCUT2D eigenvalue weighted by Crippen LogP contribution is 2.20. The molecular weight excluding hydrogens is 380 g/mol. The predicted molar refractivity (Wildman–Crippen MR) is 95.7 cm³/mol. The lowest BCUT2D eigenvalue weighted by Gasteiger charge is -2.10. The van der Waals surface area contributed by atoms with E-state index >= 15 is 0 Å². The lowest BCUT2D eigenvalue weighted by atomic mass is 10.2. The molecule has 140 valence electrons. The zero-order chi connectivity index (χ0) is 19.3. The van der Waals surface area contributed by atoms with Gasteiger partial charge in [-0.2, -0.15) is 0 Å². The van der Waals surface area contributed by atoms with Gasteiger partial charge in [0, 0.05) is 23.1 Å². The Hall–Kier alpha value is -2.37. The Labute approximate surface area is 155 Å². The van der Waals surface area contributed by atoms with Crippen LogP contribution < -0.4 is 10.0 Å². The average molecular weight is 398 g/mol. The van der Waals surface area contributed by atoms with Crippen molar-refractivity contribution in [1.29, 1.82) is 0 Å². The molecule has 0 aliphatic rings. The molecule has 26 heavy (non-hydrogen) atoms. The first-order valence-electron chi connectivity index (χ1n) is 7.67. The molecular formula is C15H18N4O5S2. The monoisotopic (exact) mass is 398 g/mol. The largest absolute Gasteiger partial charge is 0.461 e. The molecule has 0 spiro atoms. The van der Waals surface area contributed by atoms with Crippen LogP contribution in [-0.4, -0.2) is 42.5 Å². The van der Waals surface area contributed by atoms with Gasteiger partial charge in [-0.3, -0.25) is 4.79 Å². The predicted octanol–water partition coefficient (Wildman–Crippen LogP) is 1.65. The number of ether oxygens (including phenoxy) is 1. The molecule has 1 amide bonds. The molecule has 1 heterocycles. The molecule has 1 aromatic heterocycles. The lowest BCUT2D eigenvalue weighted by Crippen LogP contribution is -2.30. The molecule has 9 nitrogen and oxygen atoms in total. The third kappa shape index (κ3) is 4.84. The number of anilines is 1. The van der Waals surface area contributed by atoms with Crippen molar-refractivity contribution in [3.05, 3.63) is 35.5 Å². The average Bonchev–Trinajstić information content (AvgIpc) is 3.02. The number of hydrogen-bond donors (Lipinski definition) is 2. The van der Waals surface area contributed by atoms with E-state index in [-0.39, 0.29) is 33.8 Å². The number of nitrogens with one attached hydrogen (secondary N) is 2. The highest BCUT2D eigenvalue weighted by atomic mass is 32.2. The molecule has 0 bridgehead atoms. The van der Waals surface area contributed by atoms with E-state index in [4.69, 9.17) is 4.74 Å². The third-order valence-corrected chi connectivity index (χ3v) is 5.28. The van der Waals surface area contributed by atoms with Gasteiger partial charge in [-0.25, -0.2) is 17.9 Å². The van der Waals surface area contributed by atoms with Gasteiger partial charge in [0.25, 0.3) is 5.91 Å². The maximum absolute atomic E-state index is 12.4. The number of aromatic nitrogens is 2. The SMILES string of the molecule is CCOC(=O)c1nnsc1NC(=O)c1cccc(S(=O)(=O)NC(C)C)c1. The van der Waals surface area contributed by atoms with Gasteiger partial charge < -0.3 is 10.1 Å². The molecule has 0 aliphatic heterocycles. The van der Waals surface area contributed by atoms with Crippen molar-refractivity contribution < 1.29 is 22.7 Å². The number of nitrogens with zero attached hydrogens (tertiary/aromatic N) is 2. The molecule has 0 unspecified atom stereocenters. The van der Waals surface area contributed by atoms with Gasteiger partial charge in [-0.15, -0.1) is 5.10 Å². The minimum atomic E-state index is -3.73. The van der Waals surface area contributed by atoms with Crippen molar-refractivity contribution in [2.75, 3.05) is 11.9 Å². The zero-order valence-electron chi connectivity index (χ0n) is 14.3. The van der Waals surface area contributed by atoms with Crippen LogP contribution >= 0.6 is 11.5 Å². The highest BCUT2D eigenvalue weighted by Gasteiger charge is 2.21. The van der Waals surface area contributed by atoms with E-state index in [1.807, 2.05) is 0 Å². The van der Waals surface area contributed by atoms with Gasteiger partial charge in [0.05, 0.1) is 11.5 Å². The van der Waals surface area contributed by atoms with Crippen LogP contribution in [0.25, 0.3) is 0 Å². The van der Waals surface area contributed by atoms with Gasteiger partial charge in [0.1, 0.15) is 0 Å². The Kier molecular flexibility index (Phi) is 6.40. The third-order valence-electron chi connectivity index (χ3n) is 2.98. The quantitative estimate of drug-likeness (QED) is 0.679. The zero-order valence-corrected chi connectivity index (χ0v) is 16.0. The number of amides is 1. The van der Waals surface area contributed by atoms with Crippen LogP contribution in [0.15, 0.2) is 29.2 Å². The van der Waals surface area contributed by atoms with Crippen LogP contribution in [0, 0.1) is 0 Å². The number of carbonyl (C=O) groups excluding carboxylic acids is 2. The van der Waals surface area contributed by atoms with E-state index < -0.39 is 21.9 Å². The molecule has 2 N–H and O–H groups in total. The standard InChI is InChI=1S/C15H18N4O5S2/c1-4-24-15(21)12-14(25-19-17-12)16-13(20)10-6-5-7-11(8-10)26(22,23)18-9(2)3/h5-9,18H,4H2,1-3H3,(H,16,20). The Morgan fingerprint density at radius 2 is 2.04 bits per heavy atom. The van der Waals surface area contributed by atoms with Crippen LogP contribution in [0.1, 0.15) is 41.6 Å². The summed E-state index contributed by atoms with van der Waals surface area (Å²) in [5, 5.41) is 6.28. The van der Waals surface area contributed by atoms with E-state index in [9.17, 15) is 18.0 Å². The summed E-state index contributed by atoms with van der Waals surface area (Å²) >= 11 is 0.820. The van der Waals surface area contributed by atoms with Crippen molar-refractivity contribution in [1.82, 2.24) is 14.3 Å². The summed E-state index contributed by atoms with van der Waals surface area (Å²) in [4.78, 5) is 24.2. The molecule has 11 heteroatoms. The van der Waals surface area contributed by atoms with Crippen molar-refractivity contribution in [2.45, 2.75) is 31.7 Å². The molecule has 2 aromatic rings. The van der Waals surface area contributed by atoms with Crippen LogP contribution in [0.5, 0.6) is 0 Å². The maximum atomic E-state index is 12.4. The molecule has 2 rings (SSSR count). The first kappa shape index (κ1) is 19.9. The molecule has 0 fully saturated rings. The summed E-state index contributed by atoms with van der Waals surface area (Å²) in [6.45, 7) is 5.20. The Morgan fingerprint density at radius 1 is 1.31 bits per heavy atom. The van der Waals surface area contributed by atoms with Crippen molar-refractivity contribution in [3.8, 4) is 0 Å². The van der Waals surface area contributed by atoms with Crippen molar-refractivity contribution in [2.24, 2.45) is 0 Å². The molecule has 0 radical (unpaired) electrons. The number of carbonyl (C=O) groups is 2. The van der Waals surface area contributed by atoms with E-state index in [2.05, 4.69) is 19.6 Å². The summed E-state index contributed by atoms with van der Waals surface area (Å²) in [6, 6.07) is 5.27. The molecule has 1 aromatic carbocycles. The Balaban J connectivity index is 2.23. The smallest absolute Gasteiger partial charge is 0.362 e. The van der Waals surface area contributed by atoms with Crippen molar-refractivity contribution >= 4 is 38.4 Å². The second-order valence-corrected chi connectivity index (χ2v) is 7.90. The van der Waals surface area contributed by atoms with E-state index in [1.54, 1.807) is 20.8 Å². The van der Waals surface area contributed by atoms with Crippen LogP contribution in [0.3, 0.4) is 0 Å². The normalized spacial score (nSPS) is 11.4. The first-order chi connectivity index (χ1) is 12.2. The second kappa shape index (κ2) is 8.34. The van der Waals surface area contributed by atoms with Crippen LogP contribution in [0.4, 0.5) is 5.00 Å². The summed E-state index contributed by atoms with van der Waals surface area (Å²) < 4.78 is 35.4. The fourth-order valence-corrected chi connectivity index (χ4v) is 3.81. The number of benzene rings is 1. The summed E-state index contributed by atoms with van der Waals surface area (Å²) in [6.07, 6.45) is 0. The maximum Gasteiger partial charge on any atom is 0.362 e. The lowest BCUT2D eigenvalue weighted by molar-refractivity contribution is 0.0520. The highest BCUT2D eigenvalue weighted by molar-refractivity contribution is 7.89. The minimum Gasteiger partial charge on any atom is -0.461 e. The second-order valence-electron chi connectivity index (χ2n) is 5.43. The number of sulfonamides is 1. The van der Waals surface area contributed by atoms with Crippen molar-refractivity contribution in [3.63, 3.8) is 0 Å². The fraction of sp³-hybridized carbons (Fsp3) is 0.333. The van der Waals surface area contributed by atoms with Gasteiger partial charge in [-0.1, -0.05) is 10.6 Å². The minimum absolute atomic E-state index is 0.0353. The van der Waals surface area contributed by atoms with Gasteiger partial charge in [0.15, 0.2) is 5.00 Å². The Morgan fingerprint density at radius 3 is 2.69 bits per heavy atom. The summed E-state index contributed by atoms with van der Waals surface area (Å²) in [5.74, 6) is -1.29. The topological polar surface area (TPSA) is 127 Å².